The number of fused-ring (bicyclic) bond motifs is 2. The molecule has 0 amide bonds. The average Bonchev–Trinajstić information content (AvgIpc) is 2.50. The summed E-state index contributed by atoms with van der Waals surface area (Å²) in [6, 6.07) is 10.1. The first-order chi connectivity index (χ1) is 9.82. The SMILES string of the molecule is CN1c2ccc(Br)cc2C(Cl)c2ccc(Cl)cc2S1(=O)=O. The number of hydrogen-bond donors (Lipinski definition) is 0. The number of rotatable bonds is 0. The quantitative estimate of drug-likeness (QED) is 0.601. The van der Waals surface area contributed by atoms with Gasteiger partial charge in [0.1, 0.15) is 0 Å². The van der Waals surface area contributed by atoms with Crippen LogP contribution < -0.4 is 4.31 Å². The summed E-state index contributed by atoms with van der Waals surface area (Å²) in [7, 11) is -2.17. The van der Waals surface area contributed by atoms with Gasteiger partial charge in [-0.15, -0.1) is 11.6 Å². The van der Waals surface area contributed by atoms with Crippen LogP contribution in [0.15, 0.2) is 45.8 Å². The van der Waals surface area contributed by atoms with Crippen molar-refractivity contribution in [2.45, 2.75) is 10.3 Å². The van der Waals surface area contributed by atoms with Crippen molar-refractivity contribution in [3.05, 3.63) is 57.0 Å². The summed E-state index contributed by atoms with van der Waals surface area (Å²) in [5.74, 6) is 0. The van der Waals surface area contributed by atoms with E-state index in [4.69, 9.17) is 23.2 Å². The summed E-state index contributed by atoms with van der Waals surface area (Å²) in [6.07, 6.45) is 0. The minimum atomic E-state index is -3.69. The lowest BCUT2D eigenvalue weighted by atomic mass is 10.0. The molecule has 7 heteroatoms. The zero-order chi connectivity index (χ0) is 15.4. The van der Waals surface area contributed by atoms with Gasteiger partial charge >= 0.3 is 0 Å². The lowest BCUT2D eigenvalue weighted by Crippen LogP contribution is -2.26. The van der Waals surface area contributed by atoms with E-state index in [9.17, 15) is 8.42 Å². The lowest BCUT2D eigenvalue weighted by molar-refractivity contribution is 0.594. The topological polar surface area (TPSA) is 37.4 Å². The second-order valence-corrected chi connectivity index (χ2v) is 8.45. The molecule has 1 unspecified atom stereocenters. The molecule has 1 aliphatic heterocycles. The van der Waals surface area contributed by atoms with Crippen LogP contribution >= 0.6 is 39.1 Å². The Morgan fingerprint density at radius 3 is 2.57 bits per heavy atom. The molecule has 3 rings (SSSR count). The van der Waals surface area contributed by atoms with Crippen LogP contribution in [0.25, 0.3) is 0 Å². The van der Waals surface area contributed by atoms with Crippen molar-refractivity contribution in [1.29, 1.82) is 0 Å². The summed E-state index contributed by atoms with van der Waals surface area (Å²) in [5, 5.41) is -0.203. The molecule has 21 heavy (non-hydrogen) atoms. The second kappa shape index (κ2) is 5.16. The first-order valence-electron chi connectivity index (χ1n) is 6.04. The molecule has 0 aromatic heterocycles. The molecule has 1 heterocycles. The predicted octanol–water partition coefficient (Wildman–Crippen LogP) is 4.57. The Balaban J connectivity index is 2.40. The van der Waals surface area contributed by atoms with Crippen LogP contribution in [0, 0.1) is 0 Å². The van der Waals surface area contributed by atoms with Gasteiger partial charge in [0.25, 0.3) is 10.0 Å². The molecule has 0 bridgehead atoms. The van der Waals surface area contributed by atoms with E-state index in [-0.39, 0.29) is 4.90 Å². The predicted molar refractivity (Wildman–Crippen MR) is 88.9 cm³/mol. The molecule has 0 aliphatic carbocycles. The first kappa shape index (κ1) is 15.2. The Bertz CT molecular complexity index is 839. The van der Waals surface area contributed by atoms with Crippen molar-refractivity contribution in [2.24, 2.45) is 0 Å². The second-order valence-electron chi connectivity index (χ2n) is 4.72. The van der Waals surface area contributed by atoms with Gasteiger partial charge in [-0.3, -0.25) is 4.31 Å². The number of nitrogens with zero attached hydrogens (tertiary/aromatic N) is 1. The third-order valence-electron chi connectivity index (χ3n) is 3.49. The monoisotopic (exact) mass is 405 g/mol. The van der Waals surface area contributed by atoms with Gasteiger partial charge in [0.2, 0.25) is 0 Å². The summed E-state index contributed by atoms with van der Waals surface area (Å²) in [6.45, 7) is 0. The lowest BCUT2D eigenvalue weighted by Gasteiger charge is -2.19. The number of anilines is 1. The van der Waals surface area contributed by atoms with Crippen molar-refractivity contribution in [3.8, 4) is 0 Å². The molecule has 1 aliphatic rings. The van der Waals surface area contributed by atoms with Crippen LogP contribution in [0.4, 0.5) is 5.69 Å². The molecular formula is C14H10BrCl2NO2S. The number of alkyl halides is 1. The zero-order valence-corrected chi connectivity index (χ0v) is 14.8. The Labute approximate surface area is 141 Å². The molecule has 2 aromatic carbocycles. The number of sulfonamides is 1. The van der Waals surface area contributed by atoms with E-state index in [0.717, 1.165) is 10.0 Å². The summed E-state index contributed by atoms with van der Waals surface area (Å²) >= 11 is 15.9. The maximum Gasteiger partial charge on any atom is 0.264 e. The highest BCUT2D eigenvalue weighted by Gasteiger charge is 2.34. The minimum absolute atomic E-state index is 0.143. The first-order valence-corrected chi connectivity index (χ1v) is 9.09. The average molecular weight is 407 g/mol. The number of hydrogen-bond acceptors (Lipinski definition) is 2. The van der Waals surface area contributed by atoms with E-state index in [1.54, 1.807) is 24.3 Å². The molecule has 1 atom stereocenters. The Morgan fingerprint density at radius 1 is 1.14 bits per heavy atom. The third kappa shape index (κ3) is 2.36. The molecule has 3 nitrogen and oxygen atoms in total. The molecule has 0 radical (unpaired) electrons. The minimum Gasteiger partial charge on any atom is -0.269 e. The fraction of sp³-hybridized carbons (Fsp3) is 0.143. The van der Waals surface area contributed by atoms with Gasteiger partial charge in [-0.05, 0) is 41.5 Å². The fourth-order valence-electron chi connectivity index (χ4n) is 2.40. The number of halogens is 3. The van der Waals surface area contributed by atoms with Gasteiger partial charge in [-0.1, -0.05) is 33.6 Å². The highest BCUT2D eigenvalue weighted by molar-refractivity contribution is 9.10. The molecule has 0 N–H and O–H groups in total. The Kier molecular flexibility index (Phi) is 3.72. The van der Waals surface area contributed by atoms with Crippen molar-refractivity contribution < 1.29 is 8.42 Å². The van der Waals surface area contributed by atoms with Crippen molar-refractivity contribution >= 4 is 54.8 Å². The van der Waals surface area contributed by atoms with Crippen LogP contribution in [-0.4, -0.2) is 15.5 Å². The van der Waals surface area contributed by atoms with E-state index in [1.807, 2.05) is 6.07 Å². The van der Waals surface area contributed by atoms with Gasteiger partial charge < -0.3 is 0 Å². The Morgan fingerprint density at radius 2 is 1.86 bits per heavy atom. The van der Waals surface area contributed by atoms with Gasteiger partial charge in [0.15, 0.2) is 0 Å². The molecule has 0 fully saturated rings. The highest BCUT2D eigenvalue weighted by atomic mass is 79.9. The molecule has 0 saturated carbocycles. The van der Waals surface area contributed by atoms with Gasteiger partial charge in [0.05, 0.1) is 16.0 Å². The largest absolute Gasteiger partial charge is 0.269 e. The molecule has 110 valence electrons. The van der Waals surface area contributed by atoms with E-state index >= 15 is 0 Å². The Hall–Kier alpha value is -0.750. The van der Waals surface area contributed by atoms with E-state index in [2.05, 4.69) is 15.9 Å². The van der Waals surface area contributed by atoms with Crippen molar-refractivity contribution in [1.82, 2.24) is 0 Å². The van der Waals surface area contributed by atoms with E-state index in [1.165, 1.54) is 17.4 Å². The molecular weight excluding hydrogens is 397 g/mol. The van der Waals surface area contributed by atoms with Gasteiger partial charge in [0, 0.05) is 16.5 Å². The van der Waals surface area contributed by atoms with Gasteiger partial charge in [-0.2, -0.15) is 0 Å². The maximum atomic E-state index is 12.8. The maximum absolute atomic E-state index is 12.8. The molecule has 0 spiro atoms. The standard InChI is InChI=1S/C14H10BrCl2NO2S/c1-18-12-5-2-8(15)6-11(12)14(17)10-4-3-9(16)7-13(10)21(18,19)20/h2-7,14H,1H3. The smallest absolute Gasteiger partial charge is 0.264 e. The van der Waals surface area contributed by atoms with Crippen LogP contribution in [0.1, 0.15) is 16.5 Å². The number of benzene rings is 2. The van der Waals surface area contributed by atoms with Crippen molar-refractivity contribution in [3.63, 3.8) is 0 Å². The molecule has 2 aromatic rings. The normalized spacial score (nSPS) is 19.6. The van der Waals surface area contributed by atoms with Crippen LogP contribution in [0.3, 0.4) is 0 Å². The van der Waals surface area contributed by atoms with E-state index < -0.39 is 15.4 Å². The van der Waals surface area contributed by atoms with Crippen LogP contribution in [0.5, 0.6) is 0 Å². The summed E-state index contributed by atoms with van der Waals surface area (Å²) in [5.41, 5.74) is 1.83. The van der Waals surface area contributed by atoms with Crippen LogP contribution in [-0.2, 0) is 10.0 Å². The summed E-state index contributed by atoms with van der Waals surface area (Å²) < 4.78 is 27.6. The third-order valence-corrected chi connectivity index (χ3v) is 6.51. The van der Waals surface area contributed by atoms with E-state index in [0.29, 0.717) is 16.3 Å². The zero-order valence-electron chi connectivity index (χ0n) is 10.8. The highest BCUT2D eigenvalue weighted by Crippen LogP contribution is 2.44. The summed E-state index contributed by atoms with van der Waals surface area (Å²) in [4.78, 5) is 0.143. The molecule has 0 saturated heterocycles. The van der Waals surface area contributed by atoms with Gasteiger partial charge in [-0.25, -0.2) is 8.42 Å². The van der Waals surface area contributed by atoms with Crippen molar-refractivity contribution in [2.75, 3.05) is 11.4 Å². The van der Waals surface area contributed by atoms with Crippen LogP contribution in [0.2, 0.25) is 5.02 Å². The fourth-order valence-corrected chi connectivity index (χ4v) is 4.93.